The number of carbonyl (C=O) groups excluding carboxylic acids is 1. The second kappa shape index (κ2) is 5.32. The lowest BCUT2D eigenvalue weighted by Crippen LogP contribution is -2.46. The van der Waals surface area contributed by atoms with Crippen LogP contribution < -0.4 is 0 Å². The van der Waals surface area contributed by atoms with Gasteiger partial charge in [-0.25, -0.2) is 0 Å². The lowest BCUT2D eigenvalue weighted by molar-refractivity contribution is -0.115. The molecule has 1 aliphatic rings. The molecule has 1 rings (SSSR count). The van der Waals surface area contributed by atoms with Crippen molar-refractivity contribution in [3.05, 3.63) is 28.2 Å². The molecule has 0 aliphatic heterocycles. The Morgan fingerprint density at radius 2 is 1.23 bits per heavy atom. The highest BCUT2D eigenvalue weighted by atomic mass is 16.7. The molecule has 0 aromatic heterocycles. The van der Waals surface area contributed by atoms with Crippen LogP contribution in [0.25, 0.3) is 0 Å². The van der Waals surface area contributed by atoms with Crippen molar-refractivity contribution in [1.29, 1.82) is 0 Å². The number of rotatable bonds is 2. The van der Waals surface area contributed by atoms with Gasteiger partial charge in [0.25, 0.3) is 0 Å². The summed E-state index contributed by atoms with van der Waals surface area (Å²) in [6, 6.07) is 0. The second-order valence-corrected chi connectivity index (χ2v) is 9.15. The maximum atomic E-state index is 12.9. The molecular weight excluding hydrogens is 278 g/mol. The molecule has 0 aromatic rings. The highest BCUT2D eigenvalue weighted by Gasteiger charge is 2.49. The third kappa shape index (κ3) is 3.31. The minimum atomic E-state index is -1.02. The largest absolute Gasteiger partial charge is 0.348 e. The Kier molecular flexibility index (Phi) is 4.50. The van der Waals surface area contributed by atoms with Gasteiger partial charge >= 0.3 is 0 Å². The van der Waals surface area contributed by atoms with Gasteiger partial charge in [0.2, 0.25) is 0 Å². The summed E-state index contributed by atoms with van der Waals surface area (Å²) >= 11 is 0. The van der Waals surface area contributed by atoms with E-state index in [0.29, 0.717) is 11.1 Å². The van der Waals surface area contributed by atoms with Gasteiger partial charge < -0.3 is 4.84 Å². The summed E-state index contributed by atoms with van der Waals surface area (Å²) in [5.41, 5.74) is -0.797. The summed E-state index contributed by atoms with van der Waals surface area (Å²) in [6.07, 6.45) is 3.57. The zero-order chi connectivity index (χ0) is 17.6. The molecule has 4 nitrogen and oxygen atoms in total. The van der Waals surface area contributed by atoms with Gasteiger partial charge in [-0.1, -0.05) is 62.3 Å². The van der Waals surface area contributed by atoms with Crippen LogP contribution in [0.4, 0.5) is 0 Å². The van der Waals surface area contributed by atoms with Crippen molar-refractivity contribution in [2.24, 2.45) is 21.6 Å². The molecule has 0 amide bonds. The smallest absolute Gasteiger partial charge is 0.185 e. The molecular formula is C18H29NO3. The Hall–Kier alpha value is -1.45. The monoisotopic (exact) mass is 307 g/mol. The van der Waals surface area contributed by atoms with Gasteiger partial charge in [0.05, 0.1) is 0 Å². The van der Waals surface area contributed by atoms with E-state index in [9.17, 15) is 9.70 Å². The number of allylic oxidation sites excluding steroid dienone is 2. The predicted octanol–water partition coefficient (Wildman–Crippen LogP) is 5.00. The zero-order valence-electron chi connectivity index (χ0n) is 15.3. The van der Waals surface area contributed by atoms with Crippen LogP contribution in [0.1, 0.15) is 62.3 Å². The topological polar surface area (TPSA) is 55.7 Å². The molecule has 1 aliphatic carbocycles. The summed E-state index contributed by atoms with van der Waals surface area (Å²) in [7, 11) is 0. The fraction of sp³-hybridized carbons (Fsp3) is 0.722. The van der Waals surface area contributed by atoms with E-state index in [1.807, 2.05) is 62.3 Å². The first kappa shape index (κ1) is 18.6. The average molecular weight is 307 g/mol. The predicted molar refractivity (Wildman–Crippen MR) is 89.1 cm³/mol. The Balaban J connectivity index is 3.72. The molecule has 0 spiro atoms. The summed E-state index contributed by atoms with van der Waals surface area (Å²) in [5, 5.41) is 2.71. The van der Waals surface area contributed by atoms with Gasteiger partial charge in [-0.15, -0.1) is 4.91 Å². The molecule has 0 N–H and O–H groups in total. The fourth-order valence-electron chi connectivity index (χ4n) is 2.55. The van der Waals surface area contributed by atoms with E-state index >= 15 is 0 Å². The Labute approximate surface area is 133 Å². The van der Waals surface area contributed by atoms with Crippen molar-refractivity contribution in [2.75, 3.05) is 0 Å². The van der Waals surface area contributed by atoms with Crippen LogP contribution in [0.15, 0.2) is 28.6 Å². The lowest BCUT2D eigenvalue weighted by atomic mass is 9.64. The van der Waals surface area contributed by atoms with Gasteiger partial charge in [-0.05, 0) is 23.0 Å². The highest BCUT2D eigenvalue weighted by molar-refractivity contribution is 6.11. The number of nitrogens with zero attached hydrogens (tertiary/aromatic N) is 1. The van der Waals surface area contributed by atoms with E-state index in [1.165, 1.54) is 0 Å². The van der Waals surface area contributed by atoms with Gasteiger partial charge in [-0.2, -0.15) is 0 Å². The molecule has 0 unspecified atom stereocenters. The van der Waals surface area contributed by atoms with E-state index in [4.69, 9.17) is 4.84 Å². The molecule has 0 heterocycles. The molecule has 124 valence electrons. The summed E-state index contributed by atoms with van der Waals surface area (Å²) in [6.45, 7) is 17.9. The van der Waals surface area contributed by atoms with Crippen molar-refractivity contribution in [1.82, 2.24) is 0 Å². The van der Waals surface area contributed by atoms with E-state index in [0.717, 1.165) is 0 Å². The standard InChI is InChI=1S/C18H29NO3/c1-15(2,3)12-10-18(22-19-21,17(7,8)9)11-13(14(12)20)16(4,5)6/h10-11H,1-9H3. The summed E-state index contributed by atoms with van der Waals surface area (Å²) in [4.78, 5) is 29.1. The van der Waals surface area contributed by atoms with Crippen LogP contribution in [0.5, 0.6) is 0 Å². The van der Waals surface area contributed by atoms with Crippen LogP contribution >= 0.6 is 0 Å². The second-order valence-electron chi connectivity index (χ2n) is 9.15. The molecule has 0 saturated heterocycles. The van der Waals surface area contributed by atoms with E-state index in [-0.39, 0.29) is 16.6 Å². The van der Waals surface area contributed by atoms with Crippen molar-refractivity contribution >= 4 is 5.78 Å². The molecule has 4 heteroatoms. The first-order valence-corrected chi connectivity index (χ1v) is 7.68. The van der Waals surface area contributed by atoms with Gasteiger partial charge in [0.1, 0.15) is 0 Å². The third-order valence-corrected chi connectivity index (χ3v) is 4.18. The van der Waals surface area contributed by atoms with Gasteiger partial charge in [0, 0.05) is 16.6 Å². The molecule has 0 saturated carbocycles. The Morgan fingerprint density at radius 1 is 0.864 bits per heavy atom. The molecule has 22 heavy (non-hydrogen) atoms. The first-order valence-electron chi connectivity index (χ1n) is 7.68. The number of ketones is 1. The quantitative estimate of drug-likeness (QED) is 0.533. The van der Waals surface area contributed by atoms with Crippen LogP contribution in [-0.2, 0) is 9.63 Å². The van der Waals surface area contributed by atoms with Gasteiger partial charge in [0.15, 0.2) is 16.7 Å². The van der Waals surface area contributed by atoms with E-state index in [1.54, 1.807) is 12.2 Å². The molecule has 0 atom stereocenters. The number of hydrogen-bond donors (Lipinski definition) is 0. The fourth-order valence-corrected chi connectivity index (χ4v) is 2.55. The van der Waals surface area contributed by atoms with Crippen molar-refractivity contribution < 1.29 is 9.63 Å². The molecule has 0 aromatic carbocycles. The summed E-state index contributed by atoms with van der Waals surface area (Å²) in [5.74, 6) is 0.0226. The van der Waals surface area contributed by atoms with Crippen molar-refractivity contribution in [3.63, 3.8) is 0 Å². The minimum Gasteiger partial charge on any atom is -0.348 e. The molecule has 0 bridgehead atoms. The normalized spacial score (nSPS) is 19.4. The SMILES string of the molecule is CC(C)(C)C1=CC(ON=O)(C(C)(C)C)C=C(C(C)(C)C)C1=O. The van der Waals surface area contributed by atoms with Crippen molar-refractivity contribution in [2.45, 2.75) is 67.9 Å². The Bertz CT molecular complexity index is 500. The summed E-state index contributed by atoms with van der Waals surface area (Å²) < 4.78 is 0. The van der Waals surface area contributed by atoms with Crippen LogP contribution in [0.3, 0.4) is 0 Å². The van der Waals surface area contributed by atoms with Crippen LogP contribution in [-0.4, -0.2) is 11.4 Å². The zero-order valence-corrected chi connectivity index (χ0v) is 15.3. The van der Waals surface area contributed by atoms with Crippen LogP contribution in [0.2, 0.25) is 0 Å². The highest BCUT2D eigenvalue weighted by Crippen LogP contribution is 2.47. The van der Waals surface area contributed by atoms with E-state index < -0.39 is 11.0 Å². The number of hydrogen-bond acceptors (Lipinski definition) is 4. The lowest BCUT2D eigenvalue weighted by Gasteiger charge is -2.43. The minimum absolute atomic E-state index is 0.0226. The number of Topliss-reactive ketones (excluding diaryl/α,β-unsaturated/α-hetero) is 1. The average Bonchev–Trinajstić information content (AvgIpc) is 2.27. The van der Waals surface area contributed by atoms with Crippen LogP contribution in [0, 0.1) is 21.2 Å². The third-order valence-electron chi connectivity index (χ3n) is 4.18. The van der Waals surface area contributed by atoms with E-state index in [2.05, 4.69) is 5.34 Å². The molecule has 0 fully saturated rings. The Morgan fingerprint density at radius 3 is 1.45 bits per heavy atom. The molecule has 0 radical (unpaired) electrons. The van der Waals surface area contributed by atoms with Crippen molar-refractivity contribution in [3.8, 4) is 0 Å². The first-order chi connectivity index (χ1) is 9.66. The maximum absolute atomic E-state index is 12.9. The number of carbonyl (C=O) groups is 1. The maximum Gasteiger partial charge on any atom is 0.185 e. The van der Waals surface area contributed by atoms with Gasteiger partial charge in [-0.3, -0.25) is 4.79 Å².